The second-order valence-corrected chi connectivity index (χ2v) is 6.79. The number of nitrogens with one attached hydrogen (secondary N) is 2. The van der Waals surface area contributed by atoms with E-state index in [0.717, 1.165) is 30.8 Å². The largest absolute Gasteiger partial charge is 0.341 e. The molecule has 2 rings (SSSR count). The van der Waals surface area contributed by atoms with Crippen LogP contribution in [0.25, 0.3) is 0 Å². The molecule has 2 N–H and O–H groups in total. The van der Waals surface area contributed by atoms with Gasteiger partial charge in [0.15, 0.2) is 0 Å². The lowest BCUT2D eigenvalue weighted by molar-refractivity contribution is -0.128. The van der Waals surface area contributed by atoms with Gasteiger partial charge in [0.05, 0.1) is 24.2 Å². The molecule has 0 spiro atoms. The van der Waals surface area contributed by atoms with Gasteiger partial charge in [-0.05, 0) is 31.9 Å². The van der Waals surface area contributed by atoms with Crippen molar-refractivity contribution in [2.75, 3.05) is 30.7 Å². The molecular formula is C17H22N4O2S. The van der Waals surface area contributed by atoms with E-state index in [1.165, 1.54) is 11.8 Å². The second-order valence-electron chi connectivity index (χ2n) is 5.73. The summed E-state index contributed by atoms with van der Waals surface area (Å²) >= 11 is 1.53. The van der Waals surface area contributed by atoms with E-state index in [-0.39, 0.29) is 18.4 Å². The Bertz CT molecular complexity index is 623. The van der Waals surface area contributed by atoms with Gasteiger partial charge in [-0.15, -0.1) is 11.8 Å². The molecule has 0 saturated carbocycles. The Morgan fingerprint density at radius 2 is 2.04 bits per heavy atom. The van der Waals surface area contributed by atoms with Gasteiger partial charge >= 0.3 is 6.03 Å². The van der Waals surface area contributed by atoms with Crippen LogP contribution in [-0.4, -0.2) is 42.2 Å². The topological polar surface area (TPSA) is 85.2 Å². The van der Waals surface area contributed by atoms with Crippen LogP contribution >= 0.6 is 11.8 Å². The third-order valence-corrected chi connectivity index (χ3v) is 5.04. The zero-order valence-electron chi connectivity index (χ0n) is 13.7. The highest BCUT2D eigenvalue weighted by Crippen LogP contribution is 2.28. The van der Waals surface area contributed by atoms with Crippen LogP contribution in [0.1, 0.15) is 19.8 Å². The molecule has 1 aromatic rings. The lowest BCUT2D eigenvalue weighted by Crippen LogP contribution is -2.40. The van der Waals surface area contributed by atoms with Crippen LogP contribution in [0.5, 0.6) is 0 Å². The highest BCUT2D eigenvalue weighted by atomic mass is 32.2. The molecule has 24 heavy (non-hydrogen) atoms. The minimum absolute atomic E-state index is 0.00656. The quantitative estimate of drug-likeness (QED) is 0.776. The summed E-state index contributed by atoms with van der Waals surface area (Å²) in [7, 11) is 0. The van der Waals surface area contributed by atoms with Crippen LogP contribution in [-0.2, 0) is 4.79 Å². The van der Waals surface area contributed by atoms with Gasteiger partial charge in [-0.25, -0.2) is 4.79 Å². The Morgan fingerprint density at radius 3 is 2.75 bits per heavy atom. The second kappa shape index (κ2) is 9.18. The summed E-state index contributed by atoms with van der Waals surface area (Å²) in [4.78, 5) is 26.6. The van der Waals surface area contributed by atoms with Gasteiger partial charge in [-0.3, -0.25) is 4.79 Å². The smallest absolute Gasteiger partial charge is 0.319 e. The van der Waals surface area contributed by atoms with E-state index in [1.807, 2.05) is 25.1 Å². The summed E-state index contributed by atoms with van der Waals surface area (Å²) in [5, 5.41) is 14.2. The average Bonchev–Trinajstić information content (AvgIpc) is 3.13. The molecule has 0 radical (unpaired) electrons. The van der Waals surface area contributed by atoms with Crippen molar-refractivity contribution >= 4 is 29.4 Å². The Hall–Kier alpha value is -2.20. The lowest BCUT2D eigenvalue weighted by atomic mass is 10.3. The Morgan fingerprint density at radius 1 is 1.33 bits per heavy atom. The standard InChI is InChI=1S/C17H22N4O2S/c1-13(10-18)12-24-15-7-3-2-6-14(15)20-17(23)19-11-16(22)21-8-4-5-9-21/h2-3,6-7,13H,4-5,8-9,11-12H2,1H3,(H2,19,20,23). The number of nitriles is 1. The fourth-order valence-corrected chi connectivity index (χ4v) is 3.30. The SMILES string of the molecule is CC(C#N)CSc1ccccc1NC(=O)NCC(=O)N1CCCC1. The summed E-state index contributed by atoms with van der Waals surface area (Å²) in [5.74, 6) is 0.549. The van der Waals surface area contributed by atoms with Crippen molar-refractivity contribution in [3.63, 3.8) is 0 Å². The third kappa shape index (κ3) is 5.46. The molecule has 1 unspecified atom stereocenters. The molecule has 1 aliphatic heterocycles. The molecule has 3 amide bonds. The van der Waals surface area contributed by atoms with Crippen LogP contribution in [0.15, 0.2) is 29.2 Å². The minimum atomic E-state index is -0.399. The summed E-state index contributed by atoms with van der Waals surface area (Å²) < 4.78 is 0. The number of hydrogen-bond donors (Lipinski definition) is 2. The van der Waals surface area contributed by atoms with E-state index >= 15 is 0 Å². The van der Waals surface area contributed by atoms with Crippen molar-refractivity contribution in [1.82, 2.24) is 10.2 Å². The number of hydrogen-bond acceptors (Lipinski definition) is 4. The number of nitrogens with zero attached hydrogens (tertiary/aromatic N) is 2. The molecule has 0 aliphatic carbocycles. The number of amides is 3. The van der Waals surface area contributed by atoms with Gasteiger partial charge in [0.2, 0.25) is 5.91 Å². The number of thioether (sulfide) groups is 1. The van der Waals surface area contributed by atoms with Gasteiger partial charge in [0, 0.05) is 23.7 Å². The fraction of sp³-hybridized carbons (Fsp3) is 0.471. The molecule has 0 bridgehead atoms. The number of carbonyl (C=O) groups excluding carboxylic acids is 2. The van der Waals surface area contributed by atoms with Crippen LogP contribution in [0.3, 0.4) is 0 Å². The zero-order valence-corrected chi connectivity index (χ0v) is 14.6. The van der Waals surface area contributed by atoms with Crippen molar-refractivity contribution in [3.05, 3.63) is 24.3 Å². The maximum absolute atomic E-state index is 12.0. The molecule has 6 nitrogen and oxygen atoms in total. The maximum Gasteiger partial charge on any atom is 0.319 e. The fourth-order valence-electron chi connectivity index (χ4n) is 2.35. The lowest BCUT2D eigenvalue weighted by Gasteiger charge is -2.16. The summed E-state index contributed by atoms with van der Waals surface area (Å²) in [6, 6.07) is 9.23. The monoisotopic (exact) mass is 346 g/mol. The summed E-state index contributed by atoms with van der Waals surface area (Å²) in [5.41, 5.74) is 0.679. The number of benzene rings is 1. The number of para-hydroxylation sites is 1. The van der Waals surface area contributed by atoms with Crippen molar-refractivity contribution < 1.29 is 9.59 Å². The van der Waals surface area contributed by atoms with Crippen molar-refractivity contribution in [2.45, 2.75) is 24.7 Å². The number of rotatable bonds is 6. The minimum Gasteiger partial charge on any atom is -0.341 e. The third-order valence-electron chi connectivity index (χ3n) is 3.70. The molecule has 1 heterocycles. The molecule has 1 aliphatic rings. The molecular weight excluding hydrogens is 324 g/mol. The first-order valence-corrected chi connectivity index (χ1v) is 9.03. The molecule has 0 aromatic heterocycles. The normalized spacial score (nSPS) is 14.8. The van der Waals surface area contributed by atoms with Gasteiger partial charge < -0.3 is 15.5 Å². The van der Waals surface area contributed by atoms with Gasteiger partial charge in [-0.1, -0.05) is 12.1 Å². The highest BCUT2D eigenvalue weighted by molar-refractivity contribution is 7.99. The summed E-state index contributed by atoms with van der Waals surface area (Å²) in [6.07, 6.45) is 2.06. The predicted octanol–water partition coefficient (Wildman–Crippen LogP) is 2.68. The van der Waals surface area contributed by atoms with Gasteiger partial charge in [-0.2, -0.15) is 5.26 Å². The van der Waals surface area contributed by atoms with E-state index < -0.39 is 6.03 Å². The van der Waals surface area contributed by atoms with Crippen LogP contribution in [0.2, 0.25) is 0 Å². The molecule has 7 heteroatoms. The van der Waals surface area contributed by atoms with Gasteiger partial charge in [0.1, 0.15) is 0 Å². The van der Waals surface area contributed by atoms with Crippen LogP contribution in [0.4, 0.5) is 10.5 Å². The first-order valence-electron chi connectivity index (χ1n) is 8.04. The molecule has 1 fully saturated rings. The van der Waals surface area contributed by atoms with Crippen LogP contribution in [0, 0.1) is 17.2 Å². The maximum atomic E-state index is 12.0. The Balaban J connectivity index is 1.84. The predicted molar refractivity (Wildman–Crippen MR) is 94.8 cm³/mol. The number of urea groups is 1. The first kappa shape index (κ1) is 18.1. The molecule has 1 saturated heterocycles. The molecule has 1 atom stereocenters. The molecule has 128 valence electrons. The van der Waals surface area contributed by atoms with E-state index in [2.05, 4.69) is 16.7 Å². The Kier molecular flexibility index (Phi) is 6.94. The molecule has 1 aromatic carbocycles. The number of anilines is 1. The van der Waals surface area contributed by atoms with Gasteiger partial charge in [0.25, 0.3) is 0 Å². The van der Waals surface area contributed by atoms with Crippen molar-refractivity contribution in [1.29, 1.82) is 5.26 Å². The van der Waals surface area contributed by atoms with E-state index in [9.17, 15) is 9.59 Å². The van der Waals surface area contributed by atoms with Crippen molar-refractivity contribution in [3.8, 4) is 6.07 Å². The Labute approximate surface area is 146 Å². The number of carbonyl (C=O) groups is 2. The number of likely N-dealkylation sites (tertiary alicyclic amines) is 1. The highest BCUT2D eigenvalue weighted by Gasteiger charge is 2.18. The average molecular weight is 346 g/mol. The van der Waals surface area contributed by atoms with Crippen molar-refractivity contribution in [2.24, 2.45) is 5.92 Å². The van der Waals surface area contributed by atoms with E-state index in [1.54, 1.807) is 11.0 Å². The summed E-state index contributed by atoms with van der Waals surface area (Å²) in [6.45, 7) is 3.42. The van der Waals surface area contributed by atoms with E-state index in [0.29, 0.717) is 11.4 Å². The van der Waals surface area contributed by atoms with E-state index in [4.69, 9.17) is 5.26 Å². The first-order chi connectivity index (χ1) is 11.6. The zero-order chi connectivity index (χ0) is 17.4. The van der Waals surface area contributed by atoms with Crippen LogP contribution < -0.4 is 10.6 Å².